The van der Waals surface area contributed by atoms with Crippen LogP contribution in [0.4, 0.5) is 5.82 Å². The molecule has 1 aliphatic rings. The predicted molar refractivity (Wildman–Crippen MR) is 85.6 cm³/mol. The fourth-order valence-corrected chi connectivity index (χ4v) is 2.60. The van der Waals surface area contributed by atoms with Crippen LogP contribution in [-0.2, 0) is 14.3 Å². The first kappa shape index (κ1) is 15.2. The lowest BCUT2D eigenvalue weighted by molar-refractivity contribution is -0.144. The molecule has 0 aromatic carbocycles. The molecule has 0 bridgehead atoms. The van der Waals surface area contributed by atoms with Crippen LogP contribution in [0.1, 0.15) is 16.7 Å². The fourth-order valence-electron chi connectivity index (χ4n) is 2.60. The summed E-state index contributed by atoms with van der Waals surface area (Å²) in [6, 6.07) is -3.38. The Labute approximate surface area is 155 Å². The number of carbonyl (C=O) groups is 2. The number of anilines is 1. The molecule has 0 spiro atoms. The molecule has 1 fully saturated rings. The zero-order chi connectivity index (χ0) is 22.4. The van der Waals surface area contributed by atoms with Gasteiger partial charge in [-0.3, -0.25) is 9.36 Å². The SMILES string of the molecule is [2H]C([2H])(C(=O)O)[C@]([2H])(Nc1ncnc2c1ncn2[C@@H]1O[C@H](CO)[C@@H](O)[C@H]1O)C(=O)O. The summed E-state index contributed by atoms with van der Waals surface area (Å²) in [5.74, 6) is -4.77. The quantitative estimate of drug-likeness (QED) is 0.300. The van der Waals surface area contributed by atoms with Gasteiger partial charge in [-0.05, 0) is 0 Å². The van der Waals surface area contributed by atoms with Crippen LogP contribution in [0.2, 0.25) is 0 Å². The molecule has 6 N–H and O–H groups in total. The zero-order valence-corrected chi connectivity index (χ0v) is 13.4. The maximum atomic E-state index is 11.5. The largest absolute Gasteiger partial charge is 0.481 e. The van der Waals surface area contributed by atoms with Crippen molar-refractivity contribution in [1.29, 1.82) is 0 Å². The molecule has 0 aliphatic carbocycles. The minimum Gasteiger partial charge on any atom is -0.481 e. The van der Waals surface area contributed by atoms with Gasteiger partial charge in [0.1, 0.15) is 30.7 Å². The van der Waals surface area contributed by atoms with Crippen LogP contribution in [0.3, 0.4) is 0 Å². The highest BCUT2D eigenvalue weighted by atomic mass is 16.6. The molecule has 5 atom stereocenters. The summed E-state index contributed by atoms with van der Waals surface area (Å²) in [5.41, 5.74) is -0.250. The Hall–Kier alpha value is -2.87. The maximum Gasteiger partial charge on any atom is 0.326 e. The van der Waals surface area contributed by atoms with Crippen molar-refractivity contribution in [3.05, 3.63) is 12.7 Å². The van der Waals surface area contributed by atoms with E-state index in [4.69, 9.17) is 14.0 Å². The monoisotopic (exact) mass is 386 g/mol. The van der Waals surface area contributed by atoms with Gasteiger partial charge < -0.3 is 35.6 Å². The Bertz CT molecular complexity index is 990. The number of nitrogens with one attached hydrogen (secondary N) is 1. The molecular formula is C14H17N5O8. The van der Waals surface area contributed by atoms with Crippen molar-refractivity contribution in [3.63, 3.8) is 0 Å². The molecule has 27 heavy (non-hydrogen) atoms. The number of hydrogen-bond donors (Lipinski definition) is 6. The van der Waals surface area contributed by atoms with E-state index in [-0.39, 0.29) is 11.2 Å². The van der Waals surface area contributed by atoms with Gasteiger partial charge in [0.25, 0.3) is 0 Å². The second kappa shape index (κ2) is 7.40. The average molecular weight is 386 g/mol. The van der Waals surface area contributed by atoms with Crippen LogP contribution in [0, 0.1) is 0 Å². The predicted octanol–water partition coefficient (Wildman–Crippen LogP) is -2.22. The lowest BCUT2D eigenvalue weighted by Gasteiger charge is -2.17. The van der Waals surface area contributed by atoms with Gasteiger partial charge in [0.15, 0.2) is 23.2 Å². The highest BCUT2D eigenvalue weighted by molar-refractivity contribution is 5.88. The lowest BCUT2D eigenvalue weighted by atomic mass is 10.1. The van der Waals surface area contributed by atoms with E-state index in [0.29, 0.717) is 0 Å². The van der Waals surface area contributed by atoms with E-state index >= 15 is 0 Å². The number of fused-ring (bicyclic) bond motifs is 1. The summed E-state index contributed by atoms with van der Waals surface area (Å²) in [7, 11) is 0. The van der Waals surface area contributed by atoms with Gasteiger partial charge in [-0.2, -0.15) is 0 Å². The van der Waals surface area contributed by atoms with Crippen LogP contribution < -0.4 is 5.32 Å². The van der Waals surface area contributed by atoms with Gasteiger partial charge in [-0.25, -0.2) is 19.7 Å². The van der Waals surface area contributed by atoms with Crippen molar-refractivity contribution in [2.24, 2.45) is 0 Å². The average Bonchev–Trinajstić information content (AvgIpc) is 3.23. The van der Waals surface area contributed by atoms with Gasteiger partial charge in [0.2, 0.25) is 0 Å². The highest BCUT2D eigenvalue weighted by Crippen LogP contribution is 2.32. The van der Waals surface area contributed by atoms with Crippen LogP contribution in [0.5, 0.6) is 0 Å². The van der Waals surface area contributed by atoms with E-state index in [2.05, 4.69) is 15.0 Å². The summed E-state index contributed by atoms with van der Waals surface area (Å²) in [6.45, 7) is -0.576. The molecule has 2 aromatic rings. The minimum atomic E-state index is -3.57. The van der Waals surface area contributed by atoms with E-state index in [1.54, 1.807) is 0 Å². The fraction of sp³-hybridized carbons (Fsp3) is 0.500. The third-order valence-electron chi connectivity index (χ3n) is 3.84. The molecule has 0 radical (unpaired) electrons. The normalized spacial score (nSPS) is 29.5. The van der Waals surface area contributed by atoms with Crippen molar-refractivity contribution in [3.8, 4) is 0 Å². The summed E-state index contributed by atoms with van der Waals surface area (Å²) in [4.78, 5) is 34.3. The third-order valence-corrected chi connectivity index (χ3v) is 3.84. The van der Waals surface area contributed by atoms with Crippen LogP contribution in [0.25, 0.3) is 11.2 Å². The Morgan fingerprint density at radius 2 is 2.07 bits per heavy atom. The van der Waals surface area contributed by atoms with Gasteiger partial charge in [0, 0.05) is 2.74 Å². The number of aromatic nitrogens is 4. The number of carboxylic acids is 2. The van der Waals surface area contributed by atoms with E-state index in [1.807, 2.05) is 5.32 Å². The molecule has 13 heteroatoms. The van der Waals surface area contributed by atoms with E-state index in [1.165, 1.54) is 0 Å². The molecular weight excluding hydrogens is 366 g/mol. The second-order valence-electron chi connectivity index (χ2n) is 5.51. The molecule has 0 saturated carbocycles. The number of aliphatic hydroxyl groups excluding tert-OH is 3. The highest BCUT2D eigenvalue weighted by Gasteiger charge is 2.44. The molecule has 1 aliphatic heterocycles. The van der Waals surface area contributed by atoms with Gasteiger partial charge in [-0.15, -0.1) is 0 Å². The zero-order valence-electron chi connectivity index (χ0n) is 16.4. The standard InChI is InChI=1S/C14H17N5O8/c20-2-6-9(23)10(24)13(27-6)19-4-17-8-11(15-3-16-12(8)19)18-5(14(25)26)1-7(21)22/h3-6,9-10,13,20,23-24H,1-2H2,(H,21,22)(H,25,26)(H,15,16,18)/t5-,6+,9+,10+,13+/m0/s1/i1D2,5D. The topological polar surface area (TPSA) is 200 Å². The molecule has 13 nitrogen and oxygen atoms in total. The van der Waals surface area contributed by atoms with Crippen LogP contribution in [0.15, 0.2) is 12.7 Å². The van der Waals surface area contributed by atoms with Crippen molar-refractivity contribution >= 4 is 28.9 Å². The minimum absolute atomic E-state index is 0.0639. The number of carboxylic acid groups (broad SMARTS) is 2. The third kappa shape index (κ3) is 3.52. The number of ether oxygens (including phenoxy) is 1. The van der Waals surface area contributed by atoms with Crippen LogP contribution >= 0.6 is 0 Å². The van der Waals surface area contributed by atoms with Crippen LogP contribution in [-0.4, -0.2) is 87.9 Å². The first-order valence-corrected chi connectivity index (χ1v) is 7.50. The maximum absolute atomic E-state index is 11.5. The van der Waals surface area contributed by atoms with E-state index in [9.17, 15) is 30.0 Å². The van der Waals surface area contributed by atoms with Gasteiger partial charge >= 0.3 is 11.9 Å². The number of imidazole rings is 1. The number of hydrogen-bond acceptors (Lipinski definition) is 10. The van der Waals surface area contributed by atoms with Gasteiger partial charge in [0.05, 0.1) is 20.7 Å². The first-order chi connectivity index (χ1) is 14.0. The Morgan fingerprint density at radius 1 is 1.33 bits per heavy atom. The number of rotatable bonds is 7. The smallest absolute Gasteiger partial charge is 0.326 e. The summed E-state index contributed by atoms with van der Waals surface area (Å²) in [6.07, 6.45) is -6.75. The summed E-state index contributed by atoms with van der Waals surface area (Å²) in [5, 5.41) is 49.6. The molecule has 0 amide bonds. The van der Waals surface area contributed by atoms with Crippen molar-refractivity contribution < 1.29 is 44.0 Å². The summed E-state index contributed by atoms with van der Waals surface area (Å²) >= 11 is 0. The molecule has 2 aromatic heterocycles. The molecule has 1 saturated heterocycles. The Kier molecular flexibility index (Phi) is 4.17. The number of nitrogens with zero attached hydrogens (tertiary/aromatic N) is 4. The molecule has 3 heterocycles. The van der Waals surface area contributed by atoms with Crippen molar-refractivity contribution in [2.75, 3.05) is 11.9 Å². The van der Waals surface area contributed by atoms with E-state index in [0.717, 1.165) is 17.2 Å². The lowest BCUT2D eigenvalue weighted by Crippen LogP contribution is -2.33. The number of aliphatic carboxylic acids is 2. The summed E-state index contributed by atoms with van der Waals surface area (Å²) < 4.78 is 29.5. The van der Waals surface area contributed by atoms with Crippen molar-refractivity contribution in [2.45, 2.75) is 36.9 Å². The Morgan fingerprint density at radius 3 is 2.67 bits per heavy atom. The second-order valence-corrected chi connectivity index (χ2v) is 5.51. The van der Waals surface area contributed by atoms with E-state index < -0.39 is 61.3 Å². The number of aliphatic hydroxyl groups is 3. The molecule has 146 valence electrons. The van der Waals surface area contributed by atoms with Crippen molar-refractivity contribution in [1.82, 2.24) is 19.5 Å². The first-order valence-electron chi connectivity index (χ1n) is 9.00. The molecule has 3 rings (SSSR count). The Balaban J connectivity index is 2.04. The molecule has 0 unspecified atom stereocenters. The van der Waals surface area contributed by atoms with Gasteiger partial charge in [-0.1, -0.05) is 0 Å².